The second kappa shape index (κ2) is 3.95. The summed E-state index contributed by atoms with van der Waals surface area (Å²) < 4.78 is 0. The van der Waals surface area contributed by atoms with Gasteiger partial charge in [0.15, 0.2) is 5.78 Å². The maximum absolute atomic E-state index is 12.5. The number of Topliss-reactive ketones (excluding diaryl/α,β-unsaturated/α-hetero) is 1. The van der Waals surface area contributed by atoms with E-state index in [4.69, 9.17) is 0 Å². The molecule has 0 saturated carbocycles. The highest BCUT2D eigenvalue weighted by atomic mass is 16.2. The van der Waals surface area contributed by atoms with Gasteiger partial charge in [0.25, 0.3) is 0 Å². The lowest BCUT2D eigenvalue weighted by Crippen LogP contribution is -2.42. The van der Waals surface area contributed by atoms with Crippen LogP contribution in [0.2, 0.25) is 0 Å². The van der Waals surface area contributed by atoms with Crippen molar-refractivity contribution in [2.45, 2.75) is 32.7 Å². The van der Waals surface area contributed by atoms with Gasteiger partial charge in [0, 0.05) is 16.8 Å². The number of nitrogens with one attached hydrogen (secondary N) is 2. The van der Waals surface area contributed by atoms with E-state index >= 15 is 0 Å². The fraction of sp³-hybridized carbons (Fsp3) is 0.333. The Kier molecular flexibility index (Phi) is 2.49. The second-order valence-corrected chi connectivity index (χ2v) is 5.40. The normalized spacial score (nSPS) is 21.2. The van der Waals surface area contributed by atoms with E-state index in [0.717, 1.165) is 16.7 Å². The lowest BCUT2D eigenvalue weighted by Gasteiger charge is -2.23. The molecule has 2 aliphatic rings. The van der Waals surface area contributed by atoms with Gasteiger partial charge in [-0.05, 0) is 30.0 Å². The number of benzene rings is 1. The molecule has 1 aliphatic carbocycles. The van der Waals surface area contributed by atoms with Gasteiger partial charge < -0.3 is 10.6 Å². The van der Waals surface area contributed by atoms with Crippen LogP contribution in [0.25, 0.3) is 0 Å². The zero-order chi connectivity index (χ0) is 13.7. The molecule has 0 radical (unpaired) electrons. The summed E-state index contributed by atoms with van der Waals surface area (Å²) >= 11 is 0. The maximum Gasteiger partial charge on any atom is 0.319 e. The number of allylic oxidation sites excluding steroid dienone is 1. The van der Waals surface area contributed by atoms with Crippen molar-refractivity contribution in [3.63, 3.8) is 0 Å². The van der Waals surface area contributed by atoms with Crippen LogP contribution in [0, 0.1) is 0 Å². The average molecular weight is 256 g/mol. The van der Waals surface area contributed by atoms with Gasteiger partial charge in [-0.2, -0.15) is 0 Å². The summed E-state index contributed by atoms with van der Waals surface area (Å²) in [6.45, 7) is 5.97. The molecule has 4 heteroatoms. The van der Waals surface area contributed by atoms with Gasteiger partial charge in [0.2, 0.25) is 0 Å². The first-order valence-corrected chi connectivity index (χ1v) is 6.46. The molecule has 19 heavy (non-hydrogen) atoms. The van der Waals surface area contributed by atoms with Crippen molar-refractivity contribution in [1.82, 2.24) is 10.6 Å². The van der Waals surface area contributed by atoms with Crippen LogP contribution >= 0.6 is 0 Å². The highest BCUT2D eigenvalue weighted by Gasteiger charge is 2.39. The third-order valence-corrected chi connectivity index (χ3v) is 3.81. The molecule has 2 N–H and O–H groups in total. The van der Waals surface area contributed by atoms with Gasteiger partial charge in [0.05, 0.1) is 6.04 Å². The van der Waals surface area contributed by atoms with Gasteiger partial charge in [-0.1, -0.05) is 26.0 Å². The Hall–Kier alpha value is -2.10. The first-order chi connectivity index (χ1) is 8.99. The second-order valence-electron chi connectivity index (χ2n) is 5.40. The molecule has 0 saturated heterocycles. The number of fused-ring (bicyclic) bond motifs is 3. The minimum atomic E-state index is -0.294. The van der Waals surface area contributed by atoms with Crippen LogP contribution in [0.3, 0.4) is 0 Å². The van der Waals surface area contributed by atoms with Gasteiger partial charge in [-0.3, -0.25) is 4.79 Å². The number of urea groups is 1. The zero-order valence-corrected chi connectivity index (χ0v) is 11.2. The molecule has 1 aromatic carbocycles. The SMILES string of the molecule is CC1=C2C(=O)c3cc(C(C)C)ccc3C2NC(=O)N1. The van der Waals surface area contributed by atoms with Crippen LogP contribution in [0.15, 0.2) is 29.5 Å². The summed E-state index contributed by atoms with van der Waals surface area (Å²) in [6.07, 6.45) is 0. The van der Waals surface area contributed by atoms with E-state index in [1.54, 1.807) is 6.92 Å². The Balaban J connectivity index is 2.17. The van der Waals surface area contributed by atoms with Crippen LogP contribution in [-0.2, 0) is 0 Å². The number of rotatable bonds is 1. The molecule has 98 valence electrons. The molecule has 0 bridgehead atoms. The summed E-state index contributed by atoms with van der Waals surface area (Å²) in [5.74, 6) is 0.399. The fourth-order valence-corrected chi connectivity index (χ4v) is 2.75. The van der Waals surface area contributed by atoms with Crippen molar-refractivity contribution >= 4 is 11.8 Å². The largest absolute Gasteiger partial charge is 0.327 e. The van der Waals surface area contributed by atoms with Crippen LogP contribution in [0.1, 0.15) is 54.2 Å². The summed E-state index contributed by atoms with van der Waals surface area (Å²) in [6, 6.07) is 5.40. The molecule has 1 heterocycles. The van der Waals surface area contributed by atoms with E-state index in [0.29, 0.717) is 17.2 Å². The predicted octanol–water partition coefficient (Wildman–Crippen LogP) is 2.63. The molecule has 3 rings (SSSR count). The fourth-order valence-electron chi connectivity index (χ4n) is 2.75. The monoisotopic (exact) mass is 256 g/mol. The van der Waals surface area contributed by atoms with E-state index in [1.807, 2.05) is 18.2 Å². The third-order valence-electron chi connectivity index (χ3n) is 3.81. The molecule has 0 aromatic heterocycles. The van der Waals surface area contributed by atoms with E-state index < -0.39 is 0 Å². The van der Waals surface area contributed by atoms with E-state index in [-0.39, 0.29) is 17.9 Å². The highest BCUT2D eigenvalue weighted by Crippen LogP contribution is 2.39. The van der Waals surface area contributed by atoms with Gasteiger partial charge in [-0.15, -0.1) is 0 Å². The minimum Gasteiger partial charge on any atom is -0.327 e. The first kappa shape index (κ1) is 12.0. The summed E-state index contributed by atoms with van der Waals surface area (Å²) in [4.78, 5) is 24.0. The third kappa shape index (κ3) is 1.67. The Labute approximate surface area is 111 Å². The van der Waals surface area contributed by atoms with Crippen LogP contribution in [0.4, 0.5) is 4.79 Å². The Morgan fingerprint density at radius 1 is 1.21 bits per heavy atom. The van der Waals surface area contributed by atoms with Crippen molar-refractivity contribution < 1.29 is 9.59 Å². The van der Waals surface area contributed by atoms with E-state index in [9.17, 15) is 9.59 Å². The number of carbonyl (C=O) groups excluding carboxylic acids is 2. The first-order valence-electron chi connectivity index (χ1n) is 6.46. The van der Waals surface area contributed by atoms with Crippen LogP contribution in [-0.4, -0.2) is 11.8 Å². The average Bonchev–Trinajstić information content (AvgIpc) is 2.62. The highest BCUT2D eigenvalue weighted by molar-refractivity contribution is 6.16. The van der Waals surface area contributed by atoms with Crippen molar-refractivity contribution in [2.24, 2.45) is 0 Å². The molecule has 4 nitrogen and oxygen atoms in total. The molecule has 2 amide bonds. The smallest absolute Gasteiger partial charge is 0.319 e. The number of carbonyl (C=O) groups is 2. The lowest BCUT2D eigenvalue weighted by molar-refractivity contribution is 0.103. The zero-order valence-electron chi connectivity index (χ0n) is 11.2. The summed E-state index contributed by atoms with van der Waals surface area (Å²) in [7, 11) is 0. The number of hydrogen-bond acceptors (Lipinski definition) is 2. The molecular weight excluding hydrogens is 240 g/mol. The number of ketones is 1. The van der Waals surface area contributed by atoms with Crippen molar-refractivity contribution in [3.8, 4) is 0 Å². The standard InChI is InChI=1S/C15H16N2O2/c1-7(2)9-4-5-10-11(6-9)14(18)12-8(3)16-15(19)17-13(10)12/h4-7,13H,1-3H3,(H2,16,17,19). The predicted molar refractivity (Wildman–Crippen MR) is 72.0 cm³/mol. The topological polar surface area (TPSA) is 58.2 Å². The van der Waals surface area contributed by atoms with Gasteiger partial charge in [0.1, 0.15) is 0 Å². The van der Waals surface area contributed by atoms with E-state index in [2.05, 4.69) is 24.5 Å². The Morgan fingerprint density at radius 2 is 1.95 bits per heavy atom. The Bertz CT molecular complexity index is 629. The number of amides is 2. The minimum absolute atomic E-state index is 0.0208. The quantitative estimate of drug-likeness (QED) is 0.811. The van der Waals surface area contributed by atoms with Crippen molar-refractivity contribution in [3.05, 3.63) is 46.2 Å². The van der Waals surface area contributed by atoms with Crippen LogP contribution in [0.5, 0.6) is 0 Å². The molecular formula is C15H16N2O2. The molecule has 1 aliphatic heterocycles. The van der Waals surface area contributed by atoms with Gasteiger partial charge >= 0.3 is 6.03 Å². The Morgan fingerprint density at radius 3 is 2.63 bits per heavy atom. The summed E-state index contributed by atoms with van der Waals surface area (Å²) in [5, 5.41) is 5.48. The van der Waals surface area contributed by atoms with Crippen LogP contribution < -0.4 is 10.6 Å². The summed E-state index contributed by atoms with van der Waals surface area (Å²) in [5.41, 5.74) is 4.08. The van der Waals surface area contributed by atoms with E-state index in [1.165, 1.54) is 0 Å². The maximum atomic E-state index is 12.5. The molecule has 1 atom stereocenters. The molecule has 1 aromatic rings. The molecule has 1 unspecified atom stereocenters. The van der Waals surface area contributed by atoms with Crippen molar-refractivity contribution in [1.29, 1.82) is 0 Å². The van der Waals surface area contributed by atoms with Gasteiger partial charge in [-0.25, -0.2) is 4.79 Å². The van der Waals surface area contributed by atoms with Crippen molar-refractivity contribution in [2.75, 3.05) is 0 Å². The number of hydrogen-bond donors (Lipinski definition) is 2. The molecule has 0 spiro atoms. The molecule has 0 fully saturated rings. The lowest BCUT2D eigenvalue weighted by atomic mass is 9.98.